The fourth-order valence-corrected chi connectivity index (χ4v) is 5.30. The van der Waals surface area contributed by atoms with E-state index in [-0.39, 0.29) is 33.7 Å². The number of nitrogens with one attached hydrogen (secondary N) is 1. The molecule has 1 aliphatic carbocycles. The molecule has 1 aromatic heterocycles. The number of hydrogen-bond acceptors (Lipinski definition) is 6. The SMILES string of the molecule is CC1=CCC2C(=O)N(c3ccc(S(=O)(=O)Nc4nccs4)cc3)C(=O)C2C1. The summed E-state index contributed by atoms with van der Waals surface area (Å²) in [5.74, 6) is -1.08. The molecule has 1 saturated heterocycles. The maximum atomic E-state index is 12.7. The minimum Gasteiger partial charge on any atom is -0.274 e. The summed E-state index contributed by atoms with van der Waals surface area (Å²) in [5.41, 5.74) is 1.51. The zero-order valence-electron chi connectivity index (χ0n) is 14.5. The molecule has 2 atom stereocenters. The van der Waals surface area contributed by atoms with Crippen LogP contribution in [0.25, 0.3) is 0 Å². The fourth-order valence-electron chi connectivity index (χ4n) is 3.51. The molecule has 27 heavy (non-hydrogen) atoms. The van der Waals surface area contributed by atoms with E-state index in [1.54, 1.807) is 5.38 Å². The first kappa shape index (κ1) is 17.9. The van der Waals surface area contributed by atoms with Gasteiger partial charge in [-0.1, -0.05) is 11.6 Å². The number of benzene rings is 1. The van der Waals surface area contributed by atoms with E-state index in [0.29, 0.717) is 18.5 Å². The van der Waals surface area contributed by atoms with Gasteiger partial charge < -0.3 is 0 Å². The highest BCUT2D eigenvalue weighted by molar-refractivity contribution is 7.93. The lowest BCUT2D eigenvalue weighted by atomic mass is 9.82. The van der Waals surface area contributed by atoms with E-state index in [4.69, 9.17) is 0 Å². The minimum absolute atomic E-state index is 0.0375. The van der Waals surface area contributed by atoms with Crippen LogP contribution in [0.15, 0.2) is 52.4 Å². The van der Waals surface area contributed by atoms with Crippen LogP contribution >= 0.6 is 11.3 Å². The molecule has 0 radical (unpaired) electrons. The van der Waals surface area contributed by atoms with Crippen molar-refractivity contribution in [1.82, 2.24) is 4.98 Å². The lowest BCUT2D eigenvalue weighted by Crippen LogP contribution is -2.30. The van der Waals surface area contributed by atoms with Crippen molar-refractivity contribution in [3.05, 3.63) is 47.5 Å². The Morgan fingerprint density at radius 1 is 1.15 bits per heavy atom. The Kier molecular flexibility index (Phi) is 4.35. The number of sulfonamides is 1. The van der Waals surface area contributed by atoms with Crippen LogP contribution in [0.4, 0.5) is 10.8 Å². The number of aromatic nitrogens is 1. The van der Waals surface area contributed by atoms with E-state index in [1.165, 1.54) is 46.7 Å². The van der Waals surface area contributed by atoms with Crippen molar-refractivity contribution in [3.63, 3.8) is 0 Å². The Hall–Kier alpha value is -2.52. The van der Waals surface area contributed by atoms with E-state index in [1.807, 2.05) is 13.0 Å². The van der Waals surface area contributed by atoms with Crippen LogP contribution in [0, 0.1) is 11.8 Å². The van der Waals surface area contributed by atoms with Gasteiger partial charge in [-0.25, -0.2) is 13.4 Å². The third-order valence-electron chi connectivity index (χ3n) is 4.88. The van der Waals surface area contributed by atoms with E-state index in [2.05, 4.69) is 9.71 Å². The number of imide groups is 1. The Morgan fingerprint density at radius 3 is 2.52 bits per heavy atom. The molecule has 4 rings (SSSR count). The molecular formula is C18H17N3O4S2. The zero-order valence-corrected chi connectivity index (χ0v) is 16.1. The summed E-state index contributed by atoms with van der Waals surface area (Å²) in [4.78, 5) is 30.5. The van der Waals surface area contributed by atoms with E-state index in [9.17, 15) is 18.0 Å². The zero-order chi connectivity index (χ0) is 19.2. The van der Waals surface area contributed by atoms with Gasteiger partial charge in [-0.05, 0) is 44.0 Å². The van der Waals surface area contributed by atoms with Gasteiger partial charge in [-0.15, -0.1) is 11.3 Å². The van der Waals surface area contributed by atoms with Crippen LogP contribution in [0.3, 0.4) is 0 Å². The van der Waals surface area contributed by atoms with E-state index < -0.39 is 10.0 Å². The number of thiazole rings is 1. The Balaban J connectivity index is 1.58. The molecule has 2 aromatic rings. The summed E-state index contributed by atoms with van der Waals surface area (Å²) in [6, 6.07) is 5.75. The molecule has 0 bridgehead atoms. The molecule has 1 aliphatic heterocycles. The molecule has 2 heterocycles. The van der Waals surface area contributed by atoms with Crippen molar-refractivity contribution in [2.75, 3.05) is 9.62 Å². The summed E-state index contributed by atoms with van der Waals surface area (Å²) >= 11 is 1.18. The van der Waals surface area contributed by atoms with Gasteiger partial charge in [0.2, 0.25) is 11.8 Å². The number of carbonyl (C=O) groups is 2. The Labute approximate surface area is 160 Å². The second kappa shape index (κ2) is 6.58. The second-order valence-electron chi connectivity index (χ2n) is 6.65. The van der Waals surface area contributed by atoms with Crippen LogP contribution in [-0.2, 0) is 19.6 Å². The Morgan fingerprint density at radius 2 is 1.85 bits per heavy atom. The van der Waals surface area contributed by atoms with Gasteiger partial charge in [0.05, 0.1) is 22.4 Å². The summed E-state index contributed by atoms with van der Waals surface area (Å²) in [5, 5.41) is 1.94. The quantitative estimate of drug-likeness (QED) is 0.625. The molecule has 1 aromatic carbocycles. The van der Waals surface area contributed by atoms with Crippen molar-refractivity contribution in [1.29, 1.82) is 0 Å². The first-order valence-corrected chi connectivity index (χ1v) is 10.8. The number of anilines is 2. The summed E-state index contributed by atoms with van der Waals surface area (Å²) in [6.07, 6.45) is 4.68. The monoisotopic (exact) mass is 403 g/mol. The Bertz CT molecular complexity index is 1030. The lowest BCUT2D eigenvalue weighted by molar-refractivity contribution is -0.122. The molecule has 2 unspecified atom stereocenters. The number of amides is 2. The third kappa shape index (κ3) is 3.17. The van der Waals surface area contributed by atoms with Crippen LogP contribution in [0.1, 0.15) is 19.8 Å². The summed E-state index contributed by atoms with van der Waals surface area (Å²) < 4.78 is 27.2. The molecule has 7 nitrogen and oxygen atoms in total. The van der Waals surface area contributed by atoms with Crippen molar-refractivity contribution < 1.29 is 18.0 Å². The predicted octanol–water partition coefficient (Wildman–Crippen LogP) is 2.79. The fraction of sp³-hybridized carbons (Fsp3) is 0.278. The summed E-state index contributed by atoms with van der Waals surface area (Å²) in [6.45, 7) is 1.96. The van der Waals surface area contributed by atoms with Gasteiger partial charge in [0.15, 0.2) is 5.13 Å². The number of fused-ring (bicyclic) bond motifs is 1. The number of carbonyl (C=O) groups excluding carboxylic acids is 2. The number of allylic oxidation sites excluding steroid dienone is 2. The highest BCUT2D eigenvalue weighted by Gasteiger charge is 2.48. The maximum absolute atomic E-state index is 12.7. The van der Waals surface area contributed by atoms with Gasteiger partial charge in [-0.2, -0.15) is 0 Å². The van der Waals surface area contributed by atoms with E-state index in [0.717, 1.165) is 5.57 Å². The first-order valence-electron chi connectivity index (χ1n) is 8.42. The van der Waals surface area contributed by atoms with Crippen LogP contribution in [-0.4, -0.2) is 25.2 Å². The molecule has 9 heteroatoms. The van der Waals surface area contributed by atoms with Gasteiger partial charge in [-0.3, -0.25) is 19.2 Å². The number of rotatable bonds is 4. The first-order chi connectivity index (χ1) is 12.9. The second-order valence-corrected chi connectivity index (χ2v) is 9.23. The molecule has 1 N–H and O–H groups in total. The molecule has 0 saturated carbocycles. The topological polar surface area (TPSA) is 96.4 Å². The van der Waals surface area contributed by atoms with Gasteiger partial charge >= 0.3 is 0 Å². The number of hydrogen-bond donors (Lipinski definition) is 1. The molecule has 2 amide bonds. The van der Waals surface area contributed by atoms with E-state index >= 15 is 0 Å². The minimum atomic E-state index is -3.78. The van der Waals surface area contributed by atoms with Gasteiger partial charge in [0.25, 0.3) is 10.0 Å². The molecular weight excluding hydrogens is 386 g/mol. The van der Waals surface area contributed by atoms with Crippen LogP contribution in [0.2, 0.25) is 0 Å². The lowest BCUT2D eigenvalue weighted by Gasteiger charge is -2.18. The smallest absolute Gasteiger partial charge is 0.263 e. The van der Waals surface area contributed by atoms with Crippen LogP contribution in [0.5, 0.6) is 0 Å². The van der Waals surface area contributed by atoms with Crippen molar-refractivity contribution in [3.8, 4) is 0 Å². The molecule has 140 valence electrons. The average molecular weight is 403 g/mol. The van der Waals surface area contributed by atoms with Gasteiger partial charge in [0, 0.05) is 11.6 Å². The third-order valence-corrected chi connectivity index (χ3v) is 7.05. The predicted molar refractivity (Wildman–Crippen MR) is 102 cm³/mol. The maximum Gasteiger partial charge on any atom is 0.263 e. The normalized spacial score (nSPS) is 22.6. The summed E-state index contributed by atoms with van der Waals surface area (Å²) in [7, 11) is -3.78. The van der Waals surface area contributed by atoms with Crippen molar-refractivity contribution in [2.45, 2.75) is 24.7 Å². The molecule has 0 spiro atoms. The largest absolute Gasteiger partial charge is 0.274 e. The number of nitrogens with zero attached hydrogens (tertiary/aromatic N) is 2. The van der Waals surface area contributed by atoms with Gasteiger partial charge in [0.1, 0.15) is 0 Å². The van der Waals surface area contributed by atoms with Crippen molar-refractivity contribution in [2.24, 2.45) is 11.8 Å². The molecule has 2 aliphatic rings. The average Bonchev–Trinajstić information content (AvgIpc) is 3.22. The highest BCUT2D eigenvalue weighted by atomic mass is 32.2. The van der Waals surface area contributed by atoms with Crippen LogP contribution < -0.4 is 9.62 Å². The highest BCUT2D eigenvalue weighted by Crippen LogP contribution is 2.39. The van der Waals surface area contributed by atoms with Crippen molar-refractivity contribution >= 4 is 44.0 Å². The molecule has 1 fully saturated rings. The standard InChI is InChI=1S/C18H17N3O4S2/c1-11-2-7-14-15(10-11)17(23)21(16(14)22)12-3-5-13(6-4-12)27(24,25)20-18-19-8-9-26-18/h2-6,8-9,14-15H,7,10H2,1H3,(H,19,20).